The van der Waals surface area contributed by atoms with Crippen molar-refractivity contribution < 1.29 is 0 Å². The van der Waals surface area contributed by atoms with Crippen molar-refractivity contribution in [3.8, 4) is 0 Å². The van der Waals surface area contributed by atoms with Gasteiger partial charge in [-0.1, -0.05) is 25.1 Å². The largest absolute Gasteiger partial charge is 0.389 e. The molecule has 0 bridgehead atoms. The summed E-state index contributed by atoms with van der Waals surface area (Å²) in [5.74, 6) is 0. The molecule has 1 N–H and O–H groups in total. The van der Waals surface area contributed by atoms with E-state index in [1.165, 1.54) is 21.5 Å². The van der Waals surface area contributed by atoms with Crippen molar-refractivity contribution in [3.63, 3.8) is 0 Å². The Morgan fingerprint density at radius 1 is 1.36 bits per heavy atom. The highest BCUT2D eigenvalue weighted by Gasteiger charge is 1.95. The topological polar surface area (TPSA) is 12.0 Å². The average molecular weight is 165 g/mol. The molecule has 0 spiro atoms. The maximum Gasteiger partial charge on any atom is 0.0369 e. The van der Waals surface area contributed by atoms with Crippen molar-refractivity contribution in [2.24, 2.45) is 0 Å². The maximum absolute atomic E-state index is 3.39. The number of benzene rings is 1. The molecule has 2 heteroatoms. The van der Waals surface area contributed by atoms with Crippen LogP contribution in [0, 0.1) is 0 Å². The number of anilines is 1. The molecule has 0 amide bonds. The van der Waals surface area contributed by atoms with E-state index in [4.69, 9.17) is 0 Å². The van der Waals surface area contributed by atoms with Crippen LogP contribution in [0.5, 0.6) is 0 Å². The van der Waals surface area contributed by atoms with Crippen LogP contribution < -0.4 is 5.32 Å². The third-order valence-corrected chi connectivity index (χ3v) is 2.12. The molecule has 0 aliphatic heterocycles. The molecule has 1 rings (SSSR count). The highest BCUT2D eigenvalue weighted by molar-refractivity contribution is 6.10. The van der Waals surface area contributed by atoms with E-state index in [0.29, 0.717) is 0 Å². The normalized spacial score (nSPS) is 9.91. The summed E-state index contributed by atoms with van der Waals surface area (Å²) < 4.78 is 0. The Kier molecular flexibility index (Phi) is 3.17. The highest BCUT2D eigenvalue weighted by Crippen LogP contribution is 2.14. The van der Waals surface area contributed by atoms with Gasteiger partial charge >= 0.3 is 0 Å². The summed E-state index contributed by atoms with van der Waals surface area (Å²) in [5, 5.41) is 3.39. The molecule has 0 aliphatic carbocycles. The van der Waals surface area contributed by atoms with Crippen LogP contribution in [-0.4, -0.2) is 16.4 Å². The predicted octanol–water partition coefficient (Wildman–Crippen LogP) is 0.984. The van der Waals surface area contributed by atoms with E-state index in [9.17, 15) is 0 Å². The quantitative estimate of drug-likeness (QED) is 0.659. The van der Waals surface area contributed by atoms with E-state index in [0.717, 1.165) is 12.6 Å². The van der Waals surface area contributed by atoms with Gasteiger partial charge < -0.3 is 5.32 Å². The van der Waals surface area contributed by atoms with Crippen LogP contribution >= 0.6 is 0 Å². The lowest BCUT2D eigenvalue weighted by molar-refractivity contribution is 1.13. The van der Waals surface area contributed by atoms with E-state index in [2.05, 4.69) is 36.5 Å². The minimum absolute atomic E-state index is 1.12. The zero-order valence-corrected chi connectivity index (χ0v) is 9.22. The van der Waals surface area contributed by atoms with Gasteiger partial charge in [0.1, 0.15) is 0 Å². The van der Waals surface area contributed by atoms with Gasteiger partial charge in [0.05, 0.1) is 0 Å². The molecule has 1 nitrogen and oxygen atoms in total. The highest BCUT2D eigenvalue weighted by atomic mass is 28.1. The first-order chi connectivity index (χ1) is 5.38. The van der Waals surface area contributed by atoms with Gasteiger partial charge in [-0.2, -0.15) is 0 Å². The van der Waals surface area contributed by atoms with E-state index in [1.54, 1.807) is 0 Å². The molecule has 0 unspecified atom stereocenters. The fourth-order valence-corrected chi connectivity index (χ4v) is 1.57. The Morgan fingerprint density at radius 3 is 2.73 bits per heavy atom. The van der Waals surface area contributed by atoms with Crippen LogP contribution in [0.15, 0.2) is 24.3 Å². The standard InChI is InChI=1S/C9H15NSi/c1-2-8-5-3-4-6-9(8)10-7-11/h3-6,10H,2,7H2,1,11H3. The smallest absolute Gasteiger partial charge is 0.0369 e. The molecule has 0 aromatic heterocycles. The number of aryl methyl sites for hydroxylation is 1. The summed E-state index contributed by atoms with van der Waals surface area (Å²) in [6.45, 7) is 2.19. The van der Waals surface area contributed by atoms with Gasteiger partial charge in [0.15, 0.2) is 0 Å². The van der Waals surface area contributed by atoms with Gasteiger partial charge in [0.25, 0.3) is 0 Å². The number of hydrogen-bond acceptors (Lipinski definition) is 1. The van der Waals surface area contributed by atoms with Gasteiger partial charge in [-0.3, -0.25) is 0 Å². The monoisotopic (exact) mass is 165 g/mol. The van der Waals surface area contributed by atoms with Crippen molar-refractivity contribution in [3.05, 3.63) is 29.8 Å². The van der Waals surface area contributed by atoms with E-state index >= 15 is 0 Å². The van der Waals surface area contributed by atoms with Crippen molar-refractivity contribution in [2.75, 3.05) is 11.5 Å². The molecule has 0 radical (unpaired) electrons. The maximum atomic E-state index is 3.39. The Balaban J connectivity index is 2.83. The number of rotatable bonds is 3. The molecule has 0 saturated heterocycles. The van der Waals surface area contributed by atoms with Crippen LogP contribution in [0.1, 0.15) is 12.5 Å². The molecule has 0 fully saturated rings. The van der Waals surface area contributed by atoms with Crippen molar-refractivity contribution in [1.29, 1.82) is 0 Å². The molecule has 1 aromatic carbocycles. The minimum atomic E-state index is 1.12. The first-order valence-electron chi connectivity index (χ1n) is 4.20. The average Bonchev–Trinajstić information content (AvgIpc) is 2.06. The van der Waals surface area contributed by atoms with Crippen molar-refractivity contribution >= 4 is 15.9 Å². The van der Waals surface area contributed by atoms with Crippen molar-refractivity contribution in [1.82, 2.24) is 0 Å². The summed E-state index contributed by atoms with van der Waals surface area (Å²) in [4.78, 5) is 0. The summed E-state index contributed by atoms with van der Waals surface area (Å²) >= 11 is 0. The number of nitrogens with one attached hydrogen (secondary N) is 1. The van der Waals surface area contributed by atoms with Crippen LogP contribution in [0.25, 0.3) is 0 Å². The summed E-state index contributed by atoms with van der Waals surface area (Å²) in [7, 11) is 1.21. The third kappa shape index (κ3) is 2.08. The lowest BCUT2D eigenvalue weighted by Gasteiger charge is -2.07. The summed E-state index contributed by atoms with van der Waals surface area (Å²) in [6, 6.07) is 8.51. The van der Waals surface area contributed by atoms with Crippen LogP contribution in [0.3, 0.4) is 0 Å². The van der Waals surface area contributed by atoms with Crippen LogP contribution in [0.4, 0.5) is 5.69 Å². The Morgan fingerprint density at radius 2 is 2.09 bits per heavy atom. The third-order valence-electron chi connectivity index (χ3n) is 1.77. The summed E-state index contributed by atoms with van der Waals surface area (Å²) in [5.41, 5.74) is 2.73. The lowest BCUT2D eigenvalue weighted by atomic mass is 10.1. The van der Waals surface area contributed by atoms with Crippen molar-refractivity contribution in [2.45, 2.75) is 13.3 Å². The Labute approximate surface area is 71.2 Å². The van der Waals surface area contributed by atoms with Gasteiger partial charge in [0, 0.05) is 15.9 Å². The van der Waals surface area contributed by atoms with Gasteiger partial charge in [0.2, 0.25) is 0 Å². The SMILES string of the molecule is CCc1ccccc1NC[SiH3]. The summed E-state index contributed by atoms with van der Waals surface area (Å²) in [6.07, 6.45) is 2.25. The van der Waals surface area contributed by atoms with E-state index in [1.807, 2.05) is 0 Å². The number of hydrogen-bond donors (Lipinski definition) is 1. The molecule has 1 aromatic rings. The molecule has 0 saturated carbocycles. The first kappa shape index (κ1) is 8.33. The predicted molar refractivity (Wildman–Crippen MR) is 54.2 cm³/mol. The second kappa shape index (κ2) is 4.19. The van der Waals surface area contributed by atoms with Gasteiger partial charge in [-0.05, 0) is 24.2 Å². The van der Waals surface area contributed by atoms with E-state index < -0.39 is 0 Å². The molecular formula is C9H15NSi. The molecule has 0 aliphatic rings. The zero-order valence-electron chi connectivity index (χ0n) is 7.22. The van der Waals surface area contributed by atoms with Gasteiger partial charge in [-0.25, -0.2) is 0 Å². The fourth-order valence-electron chi connectivity index (χ4n) is 1.19. The minimum Gasteiger partial charge on any atom is -0.389 e. The first-order valence-corrected chi connectivity index (χ1v) is 5.61. The zero-order chi connectivity index (χ0) is 8.10. The molecular weight excluding hydrogens is 150 g/mol. The number of para-hydroxylation sites is 1. The molecule has 60 valence electrons. The molecule has 0 atom stereocenters. The Hall–Kier alpha value is -0.763. The van der Waals surface area contributed by atoms with Crippen LogP contribution in [-0.2, 0) is 6.42 Å². The second-order valence-corrected chi connectivity index (χ2v) is 3.25. The van der Waals surface area contributed by atoms with Crippen LogP contribution in [0.2, 0.25) is 0 Å². The second-order valence-electron chi connectivity index (χ2n) is 2.54. The molecule has 11 heavy (non-hydrogen) atoms. The molecule has 0 heterocycles. The Bertz CT molecular complexity index is 223. The van der Waals surface area contributed by atoms with E-state index in [-0.39, 0.29) is 0 Å². The lowest BCUT2D eigenvalue weighted by Crippen LogP contribution is -2.02. The van der Waals surface area contributed by atoms with Gasteiger partial charge in [-0.15, -0.1) is 0 Å². The fraction of sp³-hybridized carbons (Fsp3) is 0.333.